The van der Waals surface area contributed by atoms with Crippen LogP contribution < -0.4 is 0 Å². The Morgan fingerprint density at radius 2 is 0.882 bits per heavy atom. The molecule has 10 aliphatic rings. The summed E-state index contributed by atoms with van der Waals surface area (Å²) < 4.78 is 21.2. The van der Waals surface area contributed by atoms with Crippen LogP contribution in [0.5, 0.6) is 0 Å². The van der Waals surface area contributed by atoms with E-state index in [4.69, 9.17) is 14.2 Å². The van der Waals surface area contributed by atoms with Gasteiger partial charge in [0.25, 0.3) is 0 Å². The molecule has 8 fully saturated rings. The second-order valence-electron chi connectivity index (χ2n) is 35.2. The highest BCUT2D eigenvalue weighted by molar-refractivity contribution is 5.97. The van der Waals surface area contributed by atoms with Crippen LogP contribution in [0.4, 0.5) is 0 Å². The topological polar surface area (TPSA) is 211 Å². The van der Waals surface area contributed by atoms with E-state index in [0.29, 0.717) is 38.7 Å². The Morgan fingerprint density at radius 1 is 0.484 bits per heavy atom. The van der Waals surface area contributed by atoms with Gasteiger partial charge in [-0.05, 0) is 246 Å². The quantitative estimate of drug-likeness (QED) is 0.161. The lowest BCUT2D eigenvalue weighted by Crippen LogP contribution is -2.66. The molecule has 1 aromatic carbocycles. The van der Waals surface area contributed by atoms with Gasteiger partial charge in [-0.2, -0.15) is 0 Å². The van der Waals surface area contributed by atoms with Crippen molar-refractivity contribution in [1.29, 1.82) is 0 Å². The molecule has 18 atom stereocenters. The highest BCUT2D eigenvalue weighted by Crippen LogP contribution is 2.78. The first kappa shape index (κ1) is 72.0. The minimum atomic E-state index is -0.757. The number of rotatable bonds is 11. The second-order valence-corrected chi connectivity index (χ2v) is 35.2. The minimum absolute atomic E-state index is 0.0329. The van der Waals surface area contributed by atoms with E-state index in [1.54, 1.807) is 6.92 Å². The predicted octanol–water partition coefficient (Wildman–Crippen LogP) is 15.8. The van der Waals surface area contributed by atoms with Crippen molar-refractivity contribution in [3.63, 3.8) is 0 Å². The summed E-state index contributed by atoms with van der Waals surface area (Å²) in [6.07, 6.45) is 19.5. The van der Waals surface area contributed by atoms with Gasteiger partial charge >= 0.3 is 29.8 Å². The Kier molecular flexibility index (Phi) is 19.3. The Hall–Kier alpha value is -5.27. The number of ether oxygens (including phenoxy) is 4. The number of allylic oxidation sites excluding steroid dienone is 4. The Labute approximate surface area is 555 Å². The fraction of sp³-hybridized carbons (Fsp3) is 0.759. The first-order chi connectivity index (χ1) is 43.0. The number of fused-ring (bicyclic) bond motifs is 14. The van der Waals surface area contributed by atoms with E-state index >= 15 is 0 Å². The van der Waals surface area contributed by atoms with Gasteiger partial charge in [0.1, 0.15) is 19.8 Å². The van der Waals surface area contributed by atoms with Crippen molar-refractivity contribution in [3.8, 4) is 0 Å². The third-order valence-corrected chi connectivity index (χ3v) is 29.2. The highest BCUT2D eigenvalue weighted by Gasteiger charge is 2.73. The van der Waals surface area contributed by atoms with Crippen molar-refractivity contribution in [2.75, 3.05) is 19.8 Å². The van der Waals surface area contributed by atoms with Gasteiger partial charge in [0.05, 0.1) is 29.3 Å². The fourth-order valence-electron chi connectivity index (χ4n) is 23.2. The predicted molar refractivity (Wildman–Crippen MR) is 355 cm³/mol. The summed E-state index contributed by atoms with van der Waals surface area (Å²) in [7, 11) is 0. The molecule has 0 unspecified atom stereocenters. The lowest BCUT2D eigenvalue weighted by atomic mass is 9.33. The highest BCUT2D eigenvalue weighted by atomic mass is 16.5. The summed E-state index contributed by atoms with van der Waals surface area (Å²) in [6.45, 7) is 38.0. The summed E-state index contributed by atoms with van der Waals surface area (Å²) >= 11 is 0. The second kappa shape index (κ2) is 25.0. The van der Waals surface area contributed by atoms with Crippen molar-refractivity contribution in [2.45, 2.75) is 247 Å². The van der Waals surface area contributed by atoms with Gasteiger partial charge in [0.15, 0.2) is 23.1 Å². The minimum Gasteiger partial charge on any atom is -0.481 e. The van der Waals surface area contributed by atoms with Crippen LogP contribution in [0.3, 0.4) is 0 Å². The molecule has 14 nitrogen and oxygen atoms in total. The number of hydrogen-bond acceptors (Lipinski definition) is 13. The van der Waals surface area contributed by atoms with Gasteiger partial charge in [-0.25, -0.2) is 0 Å². The van der Waals surface area contributed by atoms with Crippen LogP contribution in [0.1, 0.15) is 246 Å². The normalized spacial score (nSPS) is 42.2. The summed E-state index contributed by atoms with van der Waals surface area (Å²) in [5.41, 5.74) is 0.238. The number of carboxylic acid groups (broad SMARTS) is 1. The zero-order valence-corrected chi connectivity index (χ0v) is 60.0. The summed E-state index contributed by atoms with van der Waals surface area (Å²) in [5, 5.41) is 10.1. The van der Waals surface area contributed by atoms with E-state index in [9.17, 15) is 48.3 Å². The molecule has 10 aliphatic carbocycles. The Bertz CT molecular complexity index is 3230. The standard InChI is InChI=1S/C41H56O6.C34H50O6.C4H8O2/c1-26(42)24-46-34(44)28-14-16-39(6)32(36(28,2)3)15-17-41(8)33(39)31(43)22-29-30-23-38(5,19-18-37(30,4)20-21-40(29,41)7)35(45)47-25-27-12-10-9-11-13-27;1-20(35)19-40-27(37)21-9-11-32(6)25(29(21,2)3)10-12-34(8)26(32)24(36)17-22-23-18-31(5,28(38)39)14-13-30(23,4)15-16-33(22,34)7;1-3-6-4(2)5/h9-13,22,28,30,32-33H,14-21,23-25H2,1-8H3;17,21,23,25-26H,9-16,18-19H2,1-8H3,(H,38,39);3H2,1-2H3/t28-,30+,32+,33-,37-,38+,39+,40-,41-;21-,23+,25+,26-,30-,31+,32+,33-,34-;/m11./s1. The maximum atomic E-state index is 14.7. The van der Waals surface area contributed by atoms with Gasteiger partial charge in [0.2, 0.25) is 0 Å². The van der Waals surface area contributed by atoms with Crippen molar-refractivity contribution in [2.24, 2.45) is 112 Å². The SMILES string of the molecule is CC(=O)COC(=O)[C@H]1CC[C@]2(C)[C@H]3C(=O)C=C4[C@@H]5C[C@@](C)(C(=O)O)CC[C@]5(C)CC[C@@]4(C)[C@]3(C)CC[C@H]2C1(C)C.CC(=O)COC(=O)[C@H]1CC[C@]2(C)[C@H]3C(=O)C=C4[C@@H]5C[C@@](C)(C(=O)OCc6ccccc6)CC[C@]5(C)CC[C@@]4(C)[C@]3(C)CC[C@H]2C1(C)C.CCOC(C)=O. The molecule has 1 aromatic rings. The van der Waals surface area contributed by atoms with Crippen molar-refractivity contribution in [1.82, 2.24) is 0 Å². The van der Waals surface area contributed by atoms with Gasteiger partial charge in [-0.1, -0.05) is 125 Å². The summed E-state index contributed by atoms with van der Waals surface area (Å²) in [4.78, 5) is 114. The monoisotopic (exact) mass is 1290 g/mol. The number of ketones is 4. The fourth-order valence-corrected chi connectivity index (χ4v) is 23.2. The average Bonchev–Trinajstić information content (AvgIpc) is 0.680. The molecule has 93 heavy (non-hydrogen) atoms. The third-order valence-electron chi connectivity index (χ3n) is 29.2. The number of carboxylic acids is 1. The molecule has 0 amide bonds. The molecule has 0 saturated heterocycles. The number of aliphatic carboxylic acids is 1. The Balaban J connectivity index is 0.000000204. The summed E-state index contributed by atoms with van der Waals surface area (Å²) in [5.74, 6) is -1.71. The third kappa shape index (κ3) is 11.9. The van der Waals surface area contributed by atoms with Gasteiger partial charge in [-0.15, -0.1) is 0 Å². The Morgan fingerprint density at radius 3 is 1.26 bits per heavy atom. The molecule has 14 heteroatoms. The van der Waals surface area contributed by atoms with E-state index in [1.807, 2.05) is 49.4 Å². The van der Waals surface area contributed by atoms with Crippen LogP contribution >= 0.6 is 0 Å². The molecule has 0 bridgehead atoms. The molecular formula is C79H114O14. The molecule has 0 heterocycles. The van der Waals surface area contributed by atoms with E-state index in [0.717, 1.165) is 89.0 Å². The van der Waals surface area contributed by atoms with Crippen molar-refractivity contribution >= 4 is 53.0 Å². The van der Waals surface area contributed by atoms with Crippen LogP contribution in [0.25, 0.3) is 0 Å². The van der Waals surface area contributed by atoms with Crippen LogP contribution in [-0.2, 0) is 68.7 Å². The van der Waals surface area contributed by atoms with Crippen molar-refractivity contribution in [3.05, 3.63) is 59.2 Å². The lowest BCUT2D eigenvalue weighted by molar-refractivity contribution is -0.201. The van der Waals surface area contributed by atoms with Gasteiger partial charge in [0, 0.05) is 18.8 Å². The maximum Gasteiger partial charge on any atom is 0.312 e. The molecule has 514 valence electrons. The number of benzene rings is 1. The maximum absolute atomic E-state index is 14.7. The van der Waals surface area contributed by atoms with Crippen molar-refractivity contribution < 1.29 is 67.2 Å². The molecule has 8 saturated carbocycles. The van der Waals surface area contributed by atoms with E-state index in [1.165, 1.54) is 31.9 Å². The molecule has 0 aromatic heterocycles. The summed E-state index contributed by atoms with van der Waals surface area (Å²) in [6, 6.07) is 9.86. The van der Waals surface area contributed by atoms with Crippen LogP contribution in [0, 0.1) is 112 Å². The molecule has 11 rings (SSSR count). The van der Waals surface area contributed by atoms with E-state index in [2.05, 4.69) is 94.7 Å². The number of esters is 4. The number of hydrogen-bond donors (Lipinski definition) is 1. The van der Waals surface area contributed by atoms with Gasteiger partial charge in [-0.3, -0.25) is 43.2 Å². The van der Waals surface area contributed by atoms with E-state index < -0.39 is 16.8 Å². The first-order valence-corrected chi connectivity index (χ1v) is 35.5. The zero-order chi connectivity index (χ0) is 68.9. The number of Topliss-reactive ketones (excluding diaryl/α,β-unsaturated/α-hetero) is 2. The van der Waals surface area contributed by atoms with Crippen LogP contribution in [0.2, 0.25) is 0 Å². The zero-order valence-electron chi connectivity index (χ0n) is 60.0. The number of carbonyl (C=O) groups is 9. The first-order valence-electron chi connectivity index (χ1n) is 35.5. The average molecular weight is 1290 g/mol. The lowest BCUT2D eigenvalue weighted by Gasteiger charge is -2.70. The van der Waals surface area contributed by atoms with Crippen LogP contribution in [0.15, 0.2) is 53.6 Å². The van der Waals surface area contributed by atoms with Crippen LogP contribution in [-0.4, -0.2) is 77.9 Å². The number of carbonyl (C=O) groups excluding carboxylic acids is 8. The molecule has 0 aliphatic heterocycles. The smallest absolute Gasteiger partial charge is 0.312 e. The molecule has 0 spiro atoms. The largest absolute Gasteiger partial charge is 0.481 e. The van der Waals surface area contributed by atoms with E-state index in [-0.39, 0.29) is 168 Å². The molecular weight excluding hydrogens is 1170 g/mol. The molecule has 0 radical (unpaired) electrons. The van der Waals surface area contributed by atoms with Gasteiger partial charge < -0.3 is 24.1 Å². The molecule has 1 N–H and O–H groups in total.